The predicted molar refractivity (Wildman–Crippen MR) is 151 cm³/mol. The third-order valence-electron chi connectivity index (χ3n) is 11.2. The Labute approximate surface area is 231 Å². The second kappa shape index (κ2) is 7.77. The van der Waals surface area contributed by atoms with E-state index in [2.05, 4.69) is 90.3 Å². The number of fused-ring (bicyclic) bond motifs is 1. The summed E-state index contributed by atoms with van der Waals surface area (Å²) >= 11 is 0. The molecule has 0 aliphatic carbocycles. The largest absolute Gasteiger partial charge is 0.393 e. The molecule has 8 atom stereocenters. The first-order chi connectivity index (χ1) is 18.8. The maximum absolute atomic E-state index is 14.1. The number of aliphatic hydroxyl groups is 1. The average molecular weight is 529 g/mol. The van der Waals surface area contributed by atoms with Crippen molar-refractivity contribution in [2.75, 3.05) is 30.4 Å². The van der Waals surface area contributed by atoms with Gasteiger partial charge in [0.1, 0.15) is 12.3 Å². The summed E-state index contributed by atoms with van der Waals surface area (Å²) in [6, 6.07) is 15.8. The van der Waals surface area contributed by atoms with E-state index < -0.39 is 6.10 Å². The summed E-state index contributed by atoms with van der Waals surface area (Å²) in [5.41, 5.74) is 6.06. The Kier molecular flexibility index (Phi) is 4.82. The molecule has 6 aliphatic rings. The van der Waals surface area contributed by atoms with Crippen LogP contribution >= 0.6 is 0 Å². The van der Waals surface area contributed by atoms with Crippen LogP contribution in [0.3, 0.4) is 0 Å². The third kappa shape index (κ3) is 2.77. The number of nitrogens with zero attached hydrogens (tertiary/aromatic N) is 3. The fourth-order valence-electron chi connectivity index (χ4n) is 9.74. The molecule has 1 unspecified atom stereocenters. The Morgan fingerprint density at radius 1 is 1.13 bits per heavy atom. The number of ether oxygens (including phenoxy) is 1. The molecule has 2 spiro atoms. The number of anilines is 2. The highest BCUT2D eigenvalue weighted by atomic mass is 16.6. The lowest BCUT2D eigenvalue weighted by molar-refractivity contribution is -0.144. The number of likely N-dealkylation sites (tertiary alicyclic amines) is 1. The Hall–Kier alpha value is -2.61. The topological polar surface area (TPSA) is 71.6 Å². The molecule has 0 saturated carbocycles. The first-order valence-corrected chi connectivity index (χ1v) is 14.9. The summed E-state index contributed by atoms with van der Waals surface area (Å²) in [4.78, 5) is 21.4. The van der Waals surface area contributed by atoms with Gasteiger partial charge < -0.3 is 25.0 Å². The van der Waals surface area contributed by atoms with Gasteiger partial charge in [-0.25, -0.2) is 0 Å². The Balaban J connectivity index is 1.40. The van der Waals surface area contributed by atoms with Gasteiger partial charge in [0.15, 0.2) is 0 Å². The summed E-state index contributed by atoms with van der Waals surface area (Å²) in [6.07, 6.45) is 3.19. The van der Waals surface area contributed by atoms with Gasteiger partial charge in [-0.05, 0) is 61.9 Å². The zero-order valence-electron chi connectivity index (χ0n) is 23.5. The number of carbonyl (C=O) groups excluding carboxylic acids is 1. The smallest absolute Gasteiger partial charge is 0.226 e. The van der Waals surface area contributed by atoms with Crippen molar-refractivity contribution in [3.8, 4) is 0 Å². The first kappa shape index (κ1) is 24.2. The fraction of sp³-hybridized carbons (Fsp3) is 0.594. The van der Waals surface area contributed by atoms with Gasteiger partial charge in [0.2, 0.25) is 5.91 Å². The van der Waals surface area contributed by atoms with Crippen LogP contribution in [0.4, 0.5) is 11.4 Å². The number of hydrogen-bond acceptors (Lipinski definition) is 6. The van der Waals surface area contributed by atoms with E-state index in [1.807, 2.05) is 0 Å². The maximum atomic E-state index is 14.1. The zero-order chi connectivity index (χ0) is 26.9. The number of para-hydroxylation sites is 1. The van der Waals surface area contributed by atoms with Crippen molar-refractivity contribution in [3.63, 3.8) is 0 Å². The lowest BCUT2D eigenvalue weighted by Gasteiger charge is -2.62. The number of amides is 1. The number of carbonyl (C=O) groups is 1. The molecule has 39 heavy (non-hydrogen) atoms. The van der Waals surface area contributed by atoms with Crippen molar-refractivity contribution in [2.45, 2.75) is 99.9 Å². The highest BCUT2D eigenvalue weighted by molar-refractivity contribution is 5.81. The van der Waals surface area contributed by atoms with Gasteiger partial charge in [-0.1, -0.05) is 43.7 Å². The van der Waals surface area contributed by atoms with Crippen LogP contribution in [0.2, 0.25) is 0 Å². The van der Waals surface area contributed by atoms with E-state index in [0.717, 1.165) is 25.8 Å². The standard InChI is InChI=1S/C32H40N4O3/c1-5-9-19(37)18-24(38)35-16-14-31-21-11-6-7-12-22(21)33-28-32(31)15-17-36(29(31)35)26(27-30(2,3)39-27)20-10-8-13-23(25(20)32)34(28)4/h6-8,10-13,19,26-29,33,37H,5,9,14-18H2,1-4H3/t19-,26-,27+,28+,29+,31-,32-/m0/s1. The van der Waals surface area contributed by atoms with Crippen molar-refractivity contribution < 1.29 is 14.6 Å². The van der Waals surface area contributed by atoms with Gasteiger partial charge in [0.05, 0.1) is 35.7 Å². The van der Waals surface area contributed by atoms with Crippen LogP contribution in [0.15, 0.2) is 42.5 Å². The number of rotatable bonds is 5. The Morgan fingerprint density at radius 2 is 1.90 bits per heavy atom. The van der Waals surface area contributed by atoms with Crippen LogP contribution in [-0.4, -0.2) is 71.1 Å². The molecule has 2 bridgehead atoms. The molecule has 2 aromatic carbocycles. The number of piperidine rings is 1. The van der Waals surface area contributed by atoms with Crippen LogP contribution in [-0.2, 0) is 20.4 Å². The lowest BCUT2D eigenvalue weighted by Crippen LogP contribution is -2.73. The van der Waals surface area contributed by atoms with E-state index >= 15 is 0 Å². The van der Waals surface area contributed by atoms with Crippen LogP contribution < -0.4 is 10.2 Å². The normalized spacial score (nSPS) is 38.4. The second-order valence-corrected chi connectivity index (χ2v) is 13.3. The molecule has 206 valence electrons. The number of benzene rings is 2. The van der Waals surface area contributed by atoms with E-state index in [-0.39, 0.29) is 53.2 Å². The molecule has 2 N–H and O–H groups in total. The van der Waals surface area contributed by atoms with Crippen LogP contribution in [0.1, 0.15) is 75.6 Å². The molecule has 7 heteroatoms. The van der Waals surface area contributed by atoms with Crippen molar-refractivity contribution in [2.24, 2.45) is 0 Å². The summed E-state index contributed by atoms with van der Waals surface area (Å²) < 4.78 is 6.43. The highest BCUT2D eigenvalue weighted by Crippen LogP contribution is 2.72. The number of nitrogens with one attached hydrogen (secondary N) is 1. The molecule has 1 amide bonds. The summed E-state index contributed by atoms with van der Waals surface area (Å²) in [5.74, 6) is 0.0831. The number of aliphatic hydroxyl groups excluding tert-OH is 1. The van der Waals surface area contributed by atoms with Gasteiger partial charge in [0, 0.05) is 36.9 Å². The highest BCUT2D eigenvalue weighted by Gasteiger charge is 2.77. The molecule has 0 aromatic heterocycles. The molecule has 7 nitrogen and oxygen atoms in total. The lowest BCUT2D eigenvalue weighted by atomic mass is 9.50. The fourth-order valence-corrected chi connectivity index (χ4v) is 9.74. The monoisotopic (exact) mass is 528 g/mol. The quantitative estimate of drug-likeness (QED) is 0.570. The van der Waals surface area contributed by atoms with Crippen LogP contribution in [0.5, 0.6) is 0 Å². The number of hydrogen-bond donors (Lipinski definition) is 2. The Bertz CT molecular complexity index is 1380. The van der Waals surface area contributed by atoms with E-state index in [4.69, 9.17) is 4.74 Å². The molecular weight excluding hydrogens is 488 g/mol. The molecule has 3 saturated heterocycles. The van der Waals surface area contributed by atoms with Gasteiger partial charge in [-0.3, -0.25) is 9.69 Å². The third-order valence-corrected chi connectivity index (χ3v) is 11.2. The molecule has 6 heterocycles. The van der Waals surface area contributed by atoms with Crippen LogP contribution in [0, 0.1) is 0 Å². The van der Waals surface area contributed by atoms with Crippen molar-refractivity contribution in [1.29, 1.82) is 0 Å². The SMILES string of the molecule is CCC[C@H](O)CC(=O)N1CC[C@@]23c4ccccc4N[C@@H]4N(C)c5cccc6c5[C@@]42CCN([C@@H]13)[C@@H]6[C@H]1OC1(C)C. The average Bonchev–Trinajstić information content (AvgIpc) is 3.31. The zero-order valence-corrected chi connectivity index (χ0v) is 23.5. The van der Waals surface area contributed by atoms with Gasteiger partial charge >= 0.3 is 0 Å². The van der Waals surface area contributed by atoms with Crippen molar-refractivity contribution >= 4 is 17.3 Å². The van der Waals surface area contributed by atoms with Crippen molar-refractivity contribution in [1.82, 2.24) is 9.80 Å². The first-order valence-electron chi connectivity index (χ1n) is 14.9. The van der Waals surface area contributed by atoms with E-state index in [1.165, 1.54) is 28.1 Å². The van der Waals surface area contributed by atoms with Gasteiger partial charge in [-0.2, -0.15) is 0 Å². The molecule has 3 fully saturated rings. The van der Waals surface area contributed by atoms with Gasteiger partial charge in [-0.15, -0.1) is 0 Å². The minimum atomic E-state index is -0.592. The van der Waals surface area contributed by atoms with E-state index in [9.17, 15) is 9.90 Å². The minimum Gasteiger partial charge on any atom is -0.393 e. The maximum Gasteiger partial charge on any atom is 0.226 e. The second-order valence-electron chi connectivity index (χ2n) is 13.3. The van der Waals surface area contributed by atoms with Crippen molar-refractivity contribution in [3.05, 3.63) is 59.2 Å². The van der Waals surface area contributed by atoms with Gasteiger partial charge in [0.25, 0.3) is 0 Å². The van der Waals surface area contributed by atoms with E-state index in [0.29, 0.717) is 13.0 Å². The molecule has 8 rings (SSSR count). The molecule has 2 aromatic rings. The predicted octanol–water partition coefficient (Wildman–Crippen LogP) is 4.11. The number of epoxide rings is 1. The minimum absolute atomic E-state index is 0.0761. The summed E-state index contributed by atoms with van der Waals surface area (Å²) in [6.45, 7) is 8.09. The van der Waals surface area contributed by atoms with Crippen LogP contribution in [0.25, 0.3) is 0 Å². The molecular formula is C32H40N4O3. The summed E-state index contributed by atoms with van der Waals surface area (Å²) in [5, 5.41) is 14.7. The Morgan fingerprint density at radius 3 is 2.67 bits per heavy atom. The molecule has 0 radical (unpaired) electrons. The summed E-state index contributed by atoms with van der Waals surface area (Å²) in [7, 11) is 2.24. The molecule has 6 aliphatic heterocycles. The number of likely N-dealkylation sites (N-methyl/N-ethyl adjacent to an activating group) is 1. The van der Waals surface area contributed by atoms with E-state index in [1.54, 1.807) is 0 Å².